The van der Waals surface area contributed by atoms with E-state index in [9.17, 15) is 13.2 Å². The number of hydrogen-bond donors (Lipinski definition) is 1. The Balaban J connectivity index is 2.12. The van der Waals surface area contributed by atoms with Crippen LogP contribution in [0.4, 0.5) is 18.9 Å². The molecule has 0 saturated carbocycles. The summed E-state index contributed by atoms with van der Waals surface area (Å²) in [5.41, 5.74) is 0.638. The van der Waals surface area contributed by atoms with Crippen LogP contribution in [-0.2, 0) is 12.7 Å². The van der Waals surface area contributed by atoms with Crippen LogP contribution in [0.1, 0.15) is 16.8 Å². The summed E-state index contributed by atoms with van der Waals surface area (Å²) in [6.07, 6.45) is -2.93. The lowest BCUT2D eigenvalue weighted by molar-refractivity contribution is -0.137. The molecular formula is C14H9ClF3N3. The van der Waals surface area contributed by atoms with Gasteiger partial charge in [0.1, 0.15) is 11.8 Å². The molecule has 1 N–H and O–H groups in total. The van der Waals surface area contributed by atoms with Gasteiger partial charge in [0.05, 0.1) is 16.3 Å². The van der Waals surface area contributed by atoms with Crippen molar-refractivity contribution in [1.29, 1.82) is 5.26 Å². The van der Waals surface area contributed by atoms with Gasteiger partial charge in [-0.15, -0.1) is 0 Å². The molecule has 2 rings (SSSR count). The number of benzene rings is 1. The van der Waals surface area contributed by atoms with Gasteiger partial charge in [-0.3, -0.25) is 0 Å². The van der Waals surface area contributed by atoms with Crippen molar-refractivity contribution < 1.29 is 13.2 Å². The van der Waals surface area contributed by atoms with E-state index in [1.165, 1.54) is 12.3 Å². The van der Waals surface area contributed by atoms with E-state index >= 15 is 0 Å². The first kappa shape index (κ1) is 15.1. The van der Waals surface area contributed by atoms with Crippen molar-refractivity contribution in [3.8, 4) is 6.07 Å². The van der Waals surface area contributed by atoms with E-state index in [2.05, 4.69) is 10.3 Å². The maximum atomic E-state index is 12.5. The fourth-order valence-corrected chi connectivity index (χ4v) is 1.92. The highest BCUT2D eigenvalue weighted by molar-refractivity contribution is 6.33. The van der Waals surface area contributed by atoms with Gasteiger partial charge in [0.25, 0.3) is 0 Å². The molecule has 1 aromatic heterocycles. The molecule has 0 aliphatic rings. The number of aromatic nitrogens is 1. The SMILES string of the molecule is N#Cc1cc(CNc2ccc(C(F)(F)F)cc2Cl)ccn1. The molecule has 0 bridgehead atoms. The second-order valence-corrected chi connectivity index (χ2v) is 4.61. The highest BCUT2D eigenvalue weighted by Gasteiger charge is 2.30. The van der Waals surface area contributed by atoms with Gasteiger partial charge in [0.2, 0.25) is 0 Å². The van der Waals surface area contributed by atoms with Crippen LogP contribution in [0.3, 0.4) is 0 Å². The van der Waals surface area contributed by atoms with Crippen molar-refractivity contribution in [3.05, 3.63) is 58.4 Å². The number of nitriles is 1. The second kappa shape index (κ2) is 6.02. The molecule has 0 aliphatic heterocycles. The summed E-state index contributed by atoms with van der Waals surface area (Å²) in [6.45, 7) is 0.322. The van der Waals surface area contributed by atoms with Crippen LogP contribution in [0.15, 0.2) is 36.5 Å². The standard InChI is InChI=1S/C14H9ClF3N3/c15-12-6-10(14(16,17)18)1-2-13(12)21-8-9-3-4-20-11(5-9)7-19/h1-6,21H,8H2. The third-order valence-electron chi connectivity index (χ3n) is 2.72. The van der Waals surface area contributed by atoms with E-state index in [0.29, 0.717) is 12.2 Å². The van der Waals surface area contributed by atoms with E-state index in [-0.39, 0.29) is 10.7 Å². The Bertz CT molecular complexity index is 693. The minimum absolute atomic E-state index is 0.0145. The van der Waals surface area contributed by atoms with Crippen LogP contribution >= 0.6 is 11.6 Å². The number of pyridine rings is 1. The summed E-state index contributed by atoms with van der Waals surface area (Å²) in [6, 6.07) is 8.31. The van der Waals surface area contributed by atoms with Crippen LogP contribution < -0.4 is 5.32 Å². The minimum atomic E-state index is -4.42. The second-order valence-electron chi connectivity index (χ2n) is 4.21. The van der Waals surface area contributed by atoms with Crippen LogP contribution in [0.5, 0.6) is 0 Å². The summed E-state index contributed by atoms with van der Waals surface area (Å²) in [5, 5.41) is 11.6. The zero-order valence-corrected chi connectivity index (χ0v) is 11.3. The lowest BCUT2D eigenvalue weighted by Gasteiger charge is -2.12. The maximum absolute atomic E-state index is 12.5. The topological polar surface area (TPSA) is 48.7 Å². The smallest absolute Gasteiger partial charge is 0.380 e. The van der Waals surface area contributed by atoms with Gasteiger partial charge in [-0.05, 0) is 35.9 Å². The Morgan fingerprint density at radius 1 is 1.24 bits per heavy atom. The van der Waals surface area contributed by atoms with Gasteiger partial charge in [0, 0.05) is 12.7 Å². The number of nitrogens with zero attached hydrogens (tertiary/aromatic N) is 2. The van der Waals surface area contributed by atoms with E-state index in [1.807, 2.05) is 6.07 Å². The molecule has 0 saturated heterocycles. The van der Waals surface area contributed by atoms with Gasteiger partial charge in [-0.25, -0.2) is 4.98 Å². The molecule has 0 fully saturated rings. The van der Waals surface area contributed by atoms with Crippen LogP contribution in [-0.4, -0.2) is 4.98 Å². The zero-order chi connectivity index (χ0) is 15.5. The van der Waals surface area contributed by atoms with Crippen LogP contribution in [0.2, 0.25) is 5.02 Å². The zero-order valence-electron chi connectivity index (χ0n) is 10.6. The predicted octanol–water partition coefficient (Wildman–Crippen LogP) is 4.24. The van der Waals surface area contributed by atoms with Gasteiger partial charge in [-0.1, -0.05) is 11.6 Å². The first-order valence-corrected chi connectivity index (χ1v) is 6.23. The molecule has 0 spiro atoms. The Morgan fingerprint density at radius 3 is 2.62 bits per heavy atom. The van der Waals surface area contributed by atoms with E-state index in [1.54, 1.807) is 12.1 Å². The molecule has 1 aromatic carbocycles. The van der Waals surface area contributed by atoms with Crippen LogP contribution in [0.25, 0.3) is 0 Å². The highest BCUT2D eigenvalue weighted by Crippen LogP contribution is 2.33. The molecule has 108 valence electrons. The Hall–Kier alpha value is -2.26. The van der Waals surface area contributed by atoms with Gasteiger partial charge < -0.3 is 5.32 Å². The Labute approximate surface area is 124 Å². The average Bonchev–Trinajstić information content (AvgIpc) is 2.45. The van der Waals surface area contributed by atoms with E-state index < -0.39 is 11.7 Å². The maximum Gasteiger partial charge on any atom is 0.416 e. The molecule has 3 nitrogen and oxygen atoms in total. The Kier molecular flexibility index (Phi) is 4.34. The molecule has 0 amide bonds. The third kappa shape index (κ3) is 3.86. The number of halogens is 4. The molecule has 1 heterocycles. The predicted molar refractivity (Wildman–Crippen MR) is 72.7 cm³/mol. The fraction of sp³-hybridized carbons (Fsp3) is 0.143. The number of anilines is 1. The number of alkyl halides is 3. The molecule has 0 atom stereocenters. The quantitative estimate of drug-likeness (QED) is 0.922. The molecule has 0 radical (unpaired) electrons. The molecule has 0 unspecified atom stereocenters. The Morgan fingerprint density at radius 2 is 2.00 bits per heavy atom. The summed E-state index contributed by atoms with van der Waals surface area (Å²) in [5.74, 6) is 0. The van der Waals surface area contributed by atoms with Crippen molar-refractivity contribution in [3.63, 3.8) is 0 Å². The van der Waals surface area contributed by atoms with E-state index in [0.717, 1.165) is 17.7 Å². The van der Waals surface area contributed by atoms with Gasteiger partial charge in [0.15, 0.2) is 0 Å². The number of hydrogen-bond acceptors (Lipinski definition) is 3. The molecular weight excluding hydrogens is 303 g/mol. The minimum Gasteiger partial charge on any atom is -0.380 e. The molecule has 21 heavy (non-hydrogen) atoms. The number of nitrogens with one attached hydrogen (secondary N) is 1. The highest BCUT2D eigenvalue weighted by atomic mass is 35.5. The lowest BCUT2D eigenvalue weighted by atomic mass is 10.2. The normalized spacial score (nSPS) is 11.0. The fourth-order valence-electron chi connectivity index (χ4n) is 1.68. The summed E-state index contributed by atoms with van der Waals surface area (Å²) < 4.78 is 37.6. The van der Waals surface area contributed by atoms with Crippen molar-refractivity contribution >= 4 is 17.3 Å². The average molecular weight is 312 g/mol. The van der Waals surface area contributed by atoms with Crippen molar-refractivity contribution in [1.82, 2.24) is 4.98 Å². The molecule has 2 aromatic rings. The van der Waals surface area contributed by atoms with Gasteiger partial charge >= 0.3 is 6.18 Å². The summed E-state index contributed by atoms with van der Waals surface area (Å²) in [7, 11) is 0. The summed E-state index contributed by atoms with van der Waals surface area (Å²) >= 11 is 5.83. The largest absolute Gasteiger partial charge is 0.416 e. The van der Waals surface area contributed by atoms with Crippen molar-refractivity contribution in [2.75, 3.05) is 5.32 Å². The lowest BCUT2D eigenvalue weighted by Crippen LogP contribution is -2.06. The first-order valence-electron chi connectivity index (χ1n) is 5.86. The summed E-state index contributed by atoms with van der Waals surface area (Å²) in [4.78, 5) is 3.83. The van der Waals surface area contributed by atoms with Crippen molar-refractivity contribution in [2.45, 2.75) is 12.7 Å². The third-order valence-corrected chi connectivity index (χ3v) is 3.03. The molecule has 7 heteroatoms. The van der Waals surface area contributed by atoms with Crippen LogP contribution in [0, 0.1) is 11.3 Å². The first-order chi connectivity index (χ1) is 9.90. The monoisotopic (exact) mass is 311 g/mol. The van der Waals surface area contributed by atoms with Gasteiger partial charge in [-0.2, -0.15) is 18.4 Å². The number of rotatable bonds is 3. The molecule has 0 aliphatic carbocycles. The van der Waals surface area contributed by atoms with Crippen molar-refractivity contribution in [2.24, 2.45) is 0 Å². The van der Waals surface area contributed by atoms with E-state index in [4.69, 9.17) is 16.9 Å².